The summed E-state index contributed by atoms with van der Waals surface area (Å²) in [4.78, 5) is 11.7. The van der Waals surface area contributed by atoms with Crippen molar-refractivity contribution in [3.05, 3.63) is 28.2 Å². The standard InChI is InChI=1S/C14H20BrNO3/c1-3-4-7-16-14(18)10(2)19-12-5-6-13(15)11(8-12)9-17/h5-6,8,10,17H,3-4,7,9H2,1-2H3,(H,16,18). The van der Waals surface area contributed by atoms with Gasteiger partial charge in [0.1, 0.15) is 5.75 Å². The summed E-state index contributed by atoms with van der Waals surface area (Å²) in [5.41, 5.74) is 0.732. The summed E-state index contributed by atoms with van der Waals surface area (Å²) in [5.74, 6) is 0.451. The second-order valence-corrected chi connectivity index (χ2v) is 5.17. The van der Waals surface area contributed by atoms with Crippen molar-refractivity contribution in [2.24, 2.45) is 0 Å². The Morgan fingerprint density at radius 3 is 2.89 bits per heavy atom. The molecule has 0 fully saturated rings. The van der Waals surface area contributed by atoms with Gasteiger partial charge in [-0.2, -0.15) is 0 Å². The van der Waals surface area contributed by atoms with E-state index >= 15 is 0 Å². The van der Waals surface area contributed by atoms with Gasteiger partial charge in [-0.05, 0) is 37.1 Å². The maximum Gasteiger partial charge on any atom is 0.260 e. The largest absolute Gasteiger partial charge is 0.481 e. The molecule has 1 aromatic rings. The summed E-state index contributed by atoms with van der Waals surface area (Å²) in [5, 5.41) is 12.0. The van der Waals surface area contributed by atoms with E-state index in [-0.39, 0.29) is 12.5 Å². The quantitative estimate of drug-likeness (QED) is 0.756. The van der Waals surface area contributed by atoms with Gasteiger partial charge in [0.05, 0.1) is 6.61 Å². The first-order valence-electron chi connectivity index (χ1n) is 6.42. The molecule has 0 saturated carbocycles. The Labute approximate surface area is 122 Å². The third-order valence-electron chi connectivity index (χ3n) is 2.70. The van der Waals surface area contributed by atoms with Gasteiger partial charge >= 0.3 is 0 Å². The van der Waals surface area contributed by atoms with E-state index < -0.39 is 6.10 Å². The van der Waals surface area contributed by atoms with Gasteiger partial charge in [0, 0.05) is 11.0 Å². The Hall–Kier alpha value is -1.07. The monoisotopic (exact) mass is 329 g/mol. The number of halogens is 1. The van der Waals surface area contributed by atoms with Crippen LogP contribution >= 0.6 is 15.9 Å². The number of nitrogens with one attached hydrogen (secondary N) is 1. The molecular weight excluding hydrogens is 310 g/mol. The molecule has 1 amide bonds. The lowest BCUT2D eigenvalue weighted by molar-refractivity contribution is -0.127. The molecule has 1 atom stereocenters. The first kappa shape index (κ1) is 16.0. The summed E-state index contributed by atoms with van der Waals surface area (Å²) >= 11 is 3.33. The van der Waals surface area contributed by atoms with E-state index in [2.05, 4.69) is 28.2 Å². The first-order valence-corrected chi connectivity index (χ1v) is 7.21. The maximum atomic E-state index is 11.7. The zero-order valence-corrected chi connectivity index (χ0v) is 12.9. The van der Waals surface area contributed by atoms with Gasteiger partial charge in [-0.15, -0.1) is 0 Å². The fraction of sp³-hybridized carbons (Fsp3) is 0.500. The van der Waals surface area contributed by atoms with Gasteiger partial charge < -0.3 is 15.2 Å². The average molecular weight is 330 g/mol. The Bertz CT molecular complexity index is 423. The number of hydrogen-bond acceptors (Lipinski definition) is 3. The molecule has 5 heteroatoms. The number of carbonyl (C=O) groups excluding carboxylic acids is 1. The van der Waals surface area contributed by atoms with Crippen molar-refractivity contribution in [3.63, 3.8) is 0 Å². The number of carbonyl (C=O) groups is 1. The normalized spacial score (nSPS) is 12.0. The molecular formula is C14H20BrNO3. The third kappa shape index (κ3) is 5.20. The van der Waals surface area contributed by atoms with Crippen LogP contribution in [-0.4, -0.2) is 23.7 Å². The lowest BCUT2D eigenvalue weighted by Crippen LogP contribution is -2.36. The summed E-state index contributed by atoms with van der Waals surface area (Å²) in [6, 6.07) is 5.28. The maximum absolute atomic E-state index is 11.7. The van der Waals surface area contributed by atoms with Gasteiger partial charge in [-0.25, -0.2) is 0 Å². The molecule has 0 aliphatic rings. The van der Waals surface area contributed by atoms with E-state index in [9.17, 15) is 4.79 Å². The molecule has 0 spiro atoms. The molecule has 0 bridgehead atoms. The summed E-state index contributed by atoms with van der Waals surface area (Å²) in [6.07, 6.45) is 1.46. The second-order valence-electron chi connectivity index (χ2n) is 4.32. The van der Waals surface area contributed by atoms with Crippen molar-refractivity contribution in [2.75, 3.05) is 6.54 Å². The molecule has 106 valence electrons. The molecule has 2 N–H and O–H groups in total. The highest BCUT2D eigenvalue weighted by molar-refractivity contribution is 9.10. The molecule has 0 radical (unpaired) electrons. The van der Waals surface area contributed by atoms with Crippen molar-refractivity contribution in [1.29, 1.82) is 0 Å². The molecule has 0 aliphatic carbocycles. The van der Waals surface area contributed by atoms with E-state index in [1.54, 1.807) is 25.1 Å². The van der Waals surface area contributed by atoms with Crippen LogP contribution in [0, 0.1) is 0 Å². The first-order chi connectivity index (χ1) is 9.08. The topological polar surface area (TPSA) is 58.6 Å². The summed E-state index contributed by atoms with van der Waals surface area (Å²) in [6.45, 7) is 4.38. The Morgan fingerprint density at radius 1 is 1.53 bits per heavy atom. The second kappa shape index (κ2) is 8.17. The number of aliphatic hydroxyl groups excluding tert-OH is 1. The molecule has 1 aromatic carbocycles. The lowest BCUT2D eigenvalue weighted by atomic mass is 10.2. The van der Waals surface area contributed by atoms with Crippen molar-refractivity contribution in [1.82, 2.24) is 5.32 Å². The predicted octanol–water partition coefficient (Wildman–Crippen LogP) is 2.63. The van der Waals surface area contributed by atoms with E-state index in [1.807, 2.05) is 0 Å². The van der Waals surface area contributed by atoms with Crippen LogP contribution in [0.1, 0.15) is 32.3 Å². The van der Waals surface area contributed by atoms with Crippen LogP contribution in [-0.2, 0) is 11.4 Å². The SMILES string of the molecule is CCCCNC(=O)C(C)Oc1ccc(Br)c(CO)c1. The van der Waals surface area contributed by atoms with E-state index in [4.69, 9.17) is 9.84 Å². The lowest BCUT2D eigenvalue weighted by Gasteiger charge is -2.15. The van der Waals surface area contributed by atoms with Crippen LogP contribution < -0.4 is 10.1 Å². The number of aliphatic hydroxyl groups is 1. The Balaban J connectivity index is 2.56. The number of hydrogen-bond donors (Lipinski definition) is 2. The van der Waals surface area contributed by atoms with Crippen LogP contribution in [0.3, 0.4) is 0 Å². The van der Waals surface area contributed by atoms with Crippen molar-refractivity contribution in [3.8, 4) is 5.75 Å². The van der Waals surface area contributed by atoms with Crippen LogP contribution in [0.5, 0.6) is 5.75 Å². The minimum atomic E-state index is -0.551. The Kier molecular flexibility index (Phi) is 6.87. The van der Waals surface area contributed by atoms with E-state index in [0.717, 1.165) is 22.9 Å². The Morgan fingerprint density at radius 2 is 2.26 bits per heavy atom. The van der Waals surface area contributed by atoms with Gasteiger partial charge in [0.2, 0.25) is 0 Å². The predicted molar refractivity (Wildman–Crippen MR) is 78.1 cm³/mol. The molecule has 0 aliphatic heterocycles. The molecule has 4 nitrogen and oxygen atoms in total. The van der Waals surface area contributed by atoms with Crippen LogP contribution in [0.2, 0.25) is 0 Å². The van der Waals surface area contributed by atoms with Gasteiger partial charge in [0.15, 0.2) is 6.10 Å². The average Bonchev–Trinajstić information content (AvgIpc) is 2.41. The molecule has 1 rings (SSSR count). The summed E-state index contributed by atoms with van der Waals surface area (Å²) in [7, 11) is 0. The molecule has 0 heterocycles. The van der Waals surface area contributed by atoms with Crippen LogP contribution in [0.15, 0.2) is 22.7 Å². The van der Waals surface area contributed by atoms with Crippen molar-refractivity contribution < 1.29 is 14.6 Å². The minimum absolute atomic E-state index is 0.0745. The number of rotatable bonds is 7. The molecule has 19 heavy (non-hydrogen) atoms. The van der Waals surface area contributed by atoms with Gasteiger partial charge in [-0.1, -0.05) is 29.3 Å². The number of benzene rings is 1. The summed E-state index contributed by atoms with van der Waals surface area (Å²) < 4.78 is 6.38. The highest BCUT2D eigenvalue weighted by Crippen LogP contribution is 2.23. The zero-order valence-electron chi connectivity index (χ0n) is 11.3. The molecule has 1 unspecified atom stereocenters. The fourth-order valence-corrected chi connectivity index (χ4v) is 1.91. The molecule has 0 aromatic heterocycles. The number of ether oxygens (including phenoxy) is 1. The third-order valence-corrected chi connectivity index (χ3v) is 3.47. The van der Waals surface area contributed by atoms with Crippen LogP contribution in [0.4, 0.5) is 0 Å². The highest BCUT2D eigenvalue weighted by atomic mass is 79.9. The smallest absolute Gasteiger partial charge is 0.260 e. The number of unbranched alkanes of at least 4 members (excludes halogenated alkanes) is 1. The van der Waals surface area contributed by atoms with Gasteiger partial charge in [-0.3, -0.25) is 4.79 Å². The fourth-order valence-electron chi connectivity index (χ4n) is 1.54. The van der Waals surface area contributed by atoms with E-state index in [1.165, 1.54) is 0 Å². The van der Waals surface area contributed by atoms with Crippen LogP contribution in [0.25, 0.3) is 0 Å². The molecule has 0 saturated heterocycles. The van der Waals surface area contributed by atoms with Crippen molar-refractivity contribution in [2.45, 2.75) is 39.4 Å². The number of amides is 1. The van der Waals surface area contributed by atoms with Gasteiger partial charge in [0.25, 0.3) is 5.91 Å². The van der Waals surface area contributed by atoms with Crippen molar-refractivity contribution >= 4 is 21.8 Å². The highest BCUT2D eigenvalue weighted by Gasteiger charge is 2.14. The minimum Gasteiger partial charge on any atom is -0.481 e. The zero-order chi connectivity index (χ0) is 14.3. The van der Waals surface area contributed by atoms with E-state index in [0.29, 0.717) is 12.3 Å².